The van der Waals surface area contributed by atoms with Gasteiger partial charge in [-0.1, -0.05) is 23.8 Å². The van der Waals surface area contributed by atoms with Crippen molar-refractivity contribution in [2.75, 3.05) is 13.1 Å². The Morgan fingerprint density at radius 3 is 2.50 bits per heavy atom. The van der Waals surface area contributed by atoms with E-state index in [9.17, 15) is 4.79 Å². The standard InChI is InChI=1S/C21H25N3O2/c1-13-8-9-17(14(2)12-13)19-16(4)26-21-18(15(3)22-24(19)21)20(25)23-10-6-5-7-11-23/h8-9,12H,5-7,10-11H2,1-4H3. The third-order valence-electron chi connectivity index (χ3n) is 5.31. The number of hydrogen-bond donors (Lipinski definition) is 0. The van der Waals surface area contributed by atoms with Gasteiger partial charge in [-0.2, -0.15) is 9.61 Å². The van der Waals surface area contributed by atoms with Gasteiger partial charge in [-0.05, 0) is 52.5 Å². The van der Waals surface area contributed by atoms with Crippen LogP contribution in [0.25, 0.3) is 17.0 Å². The average molecular weight is 351 g/mol. The van der Waals surface area contributed by atoms with Crippen LogP contribution in [-0.4, -0.2) is 33.5 Å². The first-order valence-electron chi connectivity index (χ1n) is 9.33. The summed E-state index contributed by atoms with van der Waals surface area (Å²) in [6.45, 7) is 9.64. The Morgan fingerprint density at radius 2 is 1.81 bits per heavy atom. The molecule has 0 bridgehead atoms. The Morgan fingerprint density at radius 1 is 1.08 bits per heavy atom. The minimum atomic E-state index is 0.0399. The summed E-state index contributed by atoms with van der Waals surface area (Å²) in [5.41, 5.74) is 6.31. The van der Waals surface area contributed by atoms with Crippen molar-refractivity contribution >= 4 is 11.6 Å². The van der Waals surface area contributed by atoms with Gasteiger partial charge in [0.25, 0.3) is 5.91 Å². The lowest BCUT2D eigenvalue weighted by atomic mass is 10.0. The second-order valence-corrected chi connectivity index (χ2v) is 7.36. The monoisotopic (exact) mass is 351 g/mol. The largest absolute Gasteiger partial charge is 0.440 e. The van der Waals surface area contributed by atoms with Crippen LogP contribution in [-0.2, 0) is 0 Å². The topological polar surface area (TPSA) is 50.8 Å². The molecule has 1 saturated heterocycles. The van der Waals surface area contributed by atoms with E-state index in [2.05, 4.69) is 37.1 Å². The fourth-order valence-corrected chi connectivity index (χ4v) is 3.98. The van der Waals surface area contributed by atoms with Crippen molar-refractivity contribution in [1.82, 2.24) is 14.5 Å². The van der Waals surface area contributed by atoms with Gasteiger partial charge in [0.1, 0.15) is 17.0 Å². The van der Waals surface area contributed by atoms with Gasteiger partial charge < -0.3 is 9.32 Å². The molecular formula is C21H25N3O2. The Balaban J connectivity index is 1.85. The van der Waals surface area contributed by atoms with Crippen molar-refractivity contribution in [1.29, 1.82) is 0 Å². The number of carbonyl (C=O) groups excluding carboxylic acids is 1. The van der Waals surface area contributed by atoms with Crippen molar-refractivity contribution < 1.29 is 9.21 Å². The van der Waals surface area contributed by atoms with Crippen LogP contribution in [0.5, 0.6) is 0 Å². The Bertz CT molecular complexity index is 991. The first-order valence-corrected chi connectivity index (χ1v) is 9.33. The number of hydrogen-bond acceptors (Lipinski definition) is 3. The number of aromatic nitrogens is 2. The van der Waals surface area contributed by atoms with Crippen molar-refractivity contribution in [3.05, 3.63) is 46.3 Å². The van der Waals surface area contributed by atoms with E-state index in [0.717, 1.165) is 48.6 Å². The Kier molecular flexibility index (Phi) is 4.10. The molecule has 5 nitrogen and oxygen atoms in total. The molecule has 0 atom stereocenters. The summed E-state index contributed by atoms with van der Waals surface area (Å²) in [5, 5.41) is 4.67. The van der Waals surface area contributed by atoms with E-state index in [0.29, 0.717) is 11.3 Å². The van der Waals surface area contributed by atoms with E-state index < -0.39 is 0 Å². The van der Waals surface area contributed by atoms with Crippen LogP contribution in [0.3, 0.4) is 0 Å². The van der Waals surface area contributed by atoms with Crippen molar-refractivity contribution in [3.63, 3.8) is 0 Å². The van der Waals surface area contributed by atoms with Crippen molar-refractivity contribution in [3.8, 4) is 11.3 Å². The molecule has 0 radical (unpaired) electrons. The maximum absolute atomic E-state index is 13.1. The molecule has 0 spiro atoms. The lowest BCUT2D eigenvalue weighted by molar-refractivity contribution is 0.0724. The quantitative estimate of drug-likeness (QED) is 0.685. The first kappa shape index (κ1) is 16.9. The lowest BCUT2D eigenvalue weighted by Crippen LogP contribution is -2.35. The molecule has 3 heterocycles. The van der Waals surface area contributed by atoms with Gasteiger partial charge in [0.2, 0.25) is 5.71 Å². The molecule has 1 fully saturated rings. The highest BCUT2D eigenvalue weighted by molar-refractivity contribution is 6.01. The normalized spacial score (nSPS) is 15.0. The molecule has 3 aromatic rings. The summed E-state index contributed by atoms with van der Waals surface area (Å²) >= 11 is 0. The second kappa shape index (κ2) is 6.31. The maximum Gasteiger partial charge on any atom is 0.261 e. The number of amides is 1. The predicted octanol–water partition coefficient (Wildman–Crippen LogP) is 4.45. The van der Waals surface area contributed by atoms with Crippen LogP contribution in [0.15, 0.2) is 22.6 Å². The summed E-state index contributed by atoms with van der Waals surface area (Å²) in [6.07, 6.45) is 3.34. The maximum atomic E-state index is 13.1. The van der Waals surface area contributed by atoms with Crippen LogP contribution < -0.4 is 0 Å². The molecular weight excluding hydrogens is 326 g/mol. The van der Waals surface area contributed by atoms with E-state index in [-0.39, 0.29) is 5.91 Å². The molecule has 0 unspecified atom stereocenters. The van der Waals surface area contributed by atoms with Gasteiger partial charge >= 0.3 is 0 Å². The summed E-state index contributed by atoms with van der Waals surface area (Å²) < 4.78 is 7.86. The number of fused-ring (bicyclic) bond motifs is 1. The zero-order valence-electron chi connectivity index (χ0n) is 15.9. The lowest BCUT2D eigenvalue weighted by Gasteiger charge is -2.26. The summed E-state index contributed by atoms with van der Waals surface area (Å²) in [4.78, 5) is 15.0. The molecule has 0 aliphatic carbocycles. The third-order valence-corrected chi connectivity index (χ3v) is 5.31. The minimum absolute atomic E-state index is 0.0399. The van der Waals surface area contributed by atoms with Crippen LogP contribution >= 0.6 is 0 Å². The number of piperidine rings is 1. The summed E-state index contributed by atoms with van der Waals surface area (Å²) in [6, 6.07) is 6.35. The van der Waals surface area contributed by atoms with E-state index in [1.165, 1.54) is 17.5 Å². The number of oxazole rings is 1. The zero-order valence-corrected chi connectivity index (χ0v) is 15.9. The van der Waals surface area contributed by atoms with Gasteiger partial charge in [-0.15, -0.1) is 0 Å². The van der Waals surface area contributed by atoms with Crippen molar-refractivity contribution in [2.24, 2.45) is 0 Å². The Hall–Kier alpha value is -2.56. The van der Waals surface area contributed by atoms with Crippen LogP contribution in [0.4, 0.5) is 0 Å². The Labute approximate surface area is 153 Å². The highest BCUT2D eigenvalue weighted by Crippen LogP contribution is 2.32. The third kappa shape index (κ3) is 2.62. The highest BCUT2D eigenvalue weighted by atomic mass is 16.4. The molecule has 2 aromatic heterocycles. The fraction of sp³-hybridized carbons (Fsp3) is 0.429. The molecule has 4 rings (SSSR count). The molecule has 0 saturated carbocycles. The van der Waals surface area contributed by atoms with Gasteiger partial charge in [0, 0.05) is 18.7 Å². The average Bonchev–Trinajstić information content (AvgIpc) is 3.08. The van der Waals surface area contributed by atoms with E-state index in [4.69, 9.17) is 4.42 Å². The number of benzene rings is 1. The smallest absolute Gasteiger partial charge is 0.261 e. The second-order valence-electron chi connectivity index (χ2n) is 7.36. The highest BCUT2D eigenvalue weighted by Gasteiger charge is 2.28. The van der Waals surface area contributed by atoms with E-state index >= 15 is 0 Å². The minimum Gasteiger partial charge on any atom is -0.440 e. The van der Waals surface area contributed by atoms with Gasteiger partial charge in [-0.3, -0.25) is 4.79 Å². The van der Waals surface area contributed by atoms with Gasteiger partial charge in [0.05, 0.1) is 5.69 Å². The molecule has 5 heteroatoms. The van der Waals surface area contributed by atoms with E-state index in [1.807, 2.05) is 18.7 Å². The van der Waals surface area contributed by atoms with Gasteiger partial charge in [0.15, 0.2) is 0 Å². The molecule has 26 heavy (non-hydrogen) atoms. The van der Waals surface area contributed by atoms with Crippen LogP contribution in [0.2, 0.25) is 0 Å². The number of nitrogens with zero attached hydrogens (tertiary/aromatic N) is 3. The van der Waals surface area contributed by atoms with Crippen LogP contribution in [0, 0.1) is 27.7 Å². The summed E-state index contributed by atoms with van der Waals surface area (Å²) in [5.74, 6) is 0.824. The summed E-state index contributed by atoms with van der Waals surface area (Å²) in [7, 11) is 0. The number of likely N-dealkylation sites (tertiary alicyclic amines) is 1. The number of carbonyl (C=O) groups is 1. The first-order chi connectivity index (χ1) is 12.5. The van der Waals surface area contributed by atoms with E-state index in [1.54, 1.807) is 4.52 Å². The zero-order chi connectivity index (χ0) is 18.4. The molecule has 0 N–H and O–H groups in total. The molecule has 1 aliphatic heterocycles. The predicted molar refractivity (Wildman–Crippen MR) is 102 cm³/mol. The van der Waals surface area contributed by atoms with Crippen molar-refractivity contribution in [2.45, 2.75) is 47.0 Å². The fourth-order valence-electron chi connectivity index (χ4n) is 3.98. The van der Waals surface area contributed by atoms with Crippen LogP contribution in [0.1, 0.15) is 52.2 Å². The molecule has 1 aromatic carbocycles. The molecule has 1 amide bonds. The molecule has 136 valence electrons. The van der Waals surface area contributed by atoms with Gasteiger partial charge in [-0.25, -0.2) is 0 Å². The molecule has 1 aliphatic rings. The number of rotatable bonds is 2. The number of aryl methyl sites for hydroxylation is 4. The SMILES string of the molecule is Cc1ccc(-c2c(C)oc3c(C(=O)N4CCCCC4)c(C)nn23)c(C)c1.